The molecule has 3 aromatic heterocycles. The highest BCUT2D eigenvalue weighted by molar-refractivity contribution is 6.30. The van der Waals surface area contributed by atoms with Gasteiger partial charge in [-0.25, -0.2) is 14.5 Å². The maximum Gasteiger partial charge on any atom is 0.178 e. The zero-order chi connectivity index (χ0) is 15.6. The summed E-state index contributed by atoms with van der Waals surface area (Å²) in [7, 11) is 0. The Balaban J connectivity index is 1.57. The maximum atomic E-state index is 6.11. The molecule has 1 saturated heterocycles. The van der Waals surface area contributed by atoms with Crippen molar-refractivity contribution in [1.82, 2.24) is 19.6 Å². The van der Waals surface area contributed by atoms with Gasteiger partial charge < -0.3 is 15.0 Å². The van der Waals surface area contributed by atoms with Gasteiger partial charge in [0.1, 0.15) is 12.1 Å². The van der Waals surface area contributed by atoms with Crippen LogP contribution in [0.4, 0.5) is 17.2 Å². The molecule has 0 radical (unpaired) electrons. The molecule has 4 rings (SSSR count). The molecule has 1 aliphatic heterocycles. The third-order valence-electron chi connectivity index (χ3n) is 3.73. The van der Waals surface area contributed by atoms with Gasteiger partial charge in [-0.15, -0.1) is 0 Å². The second-order valence-corrected chi connectivity index (χ2v) is 5.66. The molecule has 0 saturated carbocycles. The zero-order valence-electron chi connectivity index (χ0n) is 12.3. The molecule has 0 bridgehead atoms. The number of hydrogen-bond acceptors (Lipinski definition) is 6. The Morgan fingerprint density at radius 2 is 2.04 bits per heavy atom. The largest absolute Gasteiger partial charge is 0.378 e. The summed E-state index contributed by atoms with van der Waals surface area (Å²) in [5.41, 5.74) is 2.56. The van der Waals surface area contributed by atoms with Crippen molar-refractivity contribution < 1.29 is 4.74 Å². The molecule has 118 valence electrons. The normalized spacial score (nSPS) is 15.1. The van der Waals surface area contributed by atoms with Crippen molar-refractivity contribution >= 4 is 34.4 Å². The van der Waals surface area contributed by atoms with E-state index in [1.807, 2.05) is 24.4 Å². The molecule has 0 unspecified atom stereocenters. The second-order valence-electron chi connectivity index (χ2n) is 5.23. The zero-order valence-corrected chi connectivity index (χ0v) is 13.1. The Morgan fingerprint density at radius 3 is 2.83 bits per heavy atom. The number of rotatable bonds is 3. The predicted molar refractivity (Wildman–Crippen MR) is 88.5 cm³/mol. The summed E-state index contributed by atoms with van der Waals surface area (Å²) in [5.74, 6) is 0.731. The van der Waals surface area contributed by atoms with Crippen LogP contribution in [0.3, 0.4) is 0 Å². The van der Waals surface area contributed by atoms with Gasteiger partial charge in [0.25, 0.3) is 0 Å². The number of anilines is 3. The number of nitrogens with zero attached hydrogens (tertiary/aromatic N) is 5. The first kappa shape index (κ1) is 14.2. The molecule has 4 heterocycles. The van der Waals surface area contributed by atoms with Gasteiger partial charge in [0.2, 0.25) is 0 Å². The number of fused-ring (bicyclic) bond motifs is 1. The topological polar surface area (TPSA) is 67.6 Å². The quantitative estimate of drug-likeness (QED) is 0.795. The van der Waals surface area contributed by atoms with Crippen LogP contribution >= 0.6 is 11.6 Å². The fourth-order valence-corrected chi connectivity index (χ4v) is 2.79. The molecule has 8 heteroatoms. The van der Waals surface area contributed by atoms with Gasteiger partial charge in [0.15, 0.2) is 5.65 Å². The fourth-order valence-electron chi connectivity index (χ4n) is 2.59. The lowest BCUT2D eigenvalue weighted by molar-refractivity contribution is 0.122. The van der Waals surface area contributed by atoms with Crippen LogP contribution in [0.2, 0.25) is 5.02 Å². The standard InChI is InChI=1S/C15H15ClN6O/c16-11-7-13(15-18-10-19-22(15)9-11)20-14-2-1-12(8-17-14)21-3-5-23-6-4-21/h1-2,7-10H,3-6H2,(H,17,20). The molecule has 7 nitrogen and oxygen atoms in total. The van der Waals surface area contributed by atoms with Gasteiger partial charge in [0.05, 0.1) is 35.8 Å². The number of morpholine rings is 1. The molecule has 1 aliphatic rings. The lowest BCUT2D eigenvalue weighted by Crippen LogP contribution is -2.36. The molecule has 0 aliphatic carbocycles. The van der Waals surface area contributed by atoms with Gasteiger partial charge in [-0.05, 0) is 18.2 Å². The Bertz CT molecular complexity index is 812. The van der Waals surface area contributed by atoms with Crippen LogP contribution in [-0.4, -0.2) is 45.9 Å². The maximum absolute atomic E-state index is 6.11. The molecular formula is C15H15ClN6O. The van der Waals surface area contributed by atoms with E-state index < -0.39 is 0 Å². The summed E-state index contributed by atoms with van der Waals surface area (Å²) in [6.07, 6.45) is 5.06. The van der Waals surface area contributed by atoms with E-state index in [0.717, 1.165) is 43.5 Å². The SMILES string of the molecule is Clc1cc(Nc2ccc(N3CCOCC3)cn2)c2ncnn2c1. The minimum atomic E-state index is 0.579. The Morgan fingerprint density at radius 1 is 1.17 bits per heavy atom. The van der Waals surface area contributed by atoms with E-state index in [9.17, 15) is 0 Å². The molecule has 3 aromatic rings. The summed E-state index contributed by atoms with van der Waals surface area (Å²) in [4.78, 5) is 11.0. The van der Waals surface area contributed by atoms with E-state index in [0.29, 0.717) is 10.7 Å². The first-order valence-corrected chi connectivity index (χ1v) is 7.72. The highest BCUT2D eigenvalue weighted by atomic mass is 35.5. The lowest BCUT2D eigenvalue weighted by Gasteiger charge is -2.28. The van der Waals surface area contributed by atoms with Gasteiger partial charge in [0, 0.05) is 19.3 Å². The van der Waals surface area contributed by atoms with Crippen molar-refractivity contribution in [3.63, 3.8) is 0 Å². The summed E-state index contributed by atoms with van der Waals surface area (Å²) in [5, 5.41) is 7.92. The van der Waals surface area contributed by atoms with Crippen LogP contribution in [0, 0.1) is 0 Å². The number of aromatic nitrogens is 4. The highest BCUT2D eigenvalue weighted by Crippen LogP contribution is 2.24. The molecule has 1 N–H and O–H groups in total. The summed E-state index contributed by atoms with van der Waals surface area (Å²) in [6.45, 7) is 3.30. The van der Waals surface area contributed by atoms with Crippen LogP contribution in [0.5, 0.6) is 0 Å². The van der Waals surface area contributed by atoms with Gasteiger partial charge in [-0.2, -0.15) is 5.10 Å². The summed E-state index contributed by atoms with van der Waals surface area (Å²) in [6, 6.07) is 5.80. The number of hydrogen-bond donors (Lipinski definition) is 1. The minimum absolute atomic E-state index is 0.579. The third-order valence-corrected chi connectivity index (χ3v) is 3.94. The monoisotopic (exact) mass is 330 g/mol. The van der Waals surface area contributed by atoms with E-state index in [2.05, 4.69) is 25.3 Å². The van der Waals surface area contributed by atoms with Crippen LogP contribution in [0.25, 0.3) is 5.65 Å². The van der Waals surface area contributed by atoms with Gasteiger partial charge in [-0.1, -0.05) is 11.6 Å². The van der Waals surface area contributed by atoms with E-state index >= 15 is 0 Å². The molecule has 0 spiro atoms. The average Bonchev–Trinajstić information content (AvgIpc) is 3.05. The first-order chi connectivity index (χ1) is 11.3. The lowest BCUT2D eigenvalue weighted by atomic mass is 10.3. The Labute approximate surface area is 137 Å². The molecule has 0 amide bonds. The van der Waals surface area contributed by atoms with Crippen LogP contribution in [0.15, 0.2) is 36.9 Å². The van der Waals surface area contributed by atoms with Crippen molar-refractivity contribution in [1.29, 1.82) is 0 Å². The number of ether oxygens (including phenoxy) is 1. The molecule has 0 aromatic carbocycles. The molecular weight excluding hydrogens is 316 g/mol. The fraction of sp³-hybridized carbons (Fsp3) is 0.267. The minimum Gasteiger partial charge on any atom is -0.378 e. The predicted octanol–water partition coefficient (Wildman–Crippen LogP) is 2.36. The van der Waals surface area contributed by atoms with E-state index in [1.165, 1.54) is 6.33 Å². The van der Waals surface area contributed by atoms with Crippen molar-refractivity contribution in [2.75, 3.05) is 36.5 Å². The van der Waals surface area contributed by atoms with Crippen LogP contribution < -0.4 is 10.2 Å². The van der Waals surface area contributed by atoms with Crippen molar-refractivity contribution in [3.05, 3.63) is 41.9 Å². The number of nitrogens with one attached hydrogen (secondary N) is 1. The molecule has 1 fully saturated rings. The van der Waals surface area contributed by atoms with Crippen molar-refractivity contribution in [2.45, 2.75) is 0 Å². The first-order valence-electron chi connectivity index (χ1n) is 7.34. The Hall–Kier alpha value is -2.38. The number of halogens is 1. The summed E-state index contributed by atoms with van der Waals surface area (Å²) < 4.78 is 7.00. The third kappa shape index (κ3) is 2.93. The van der Waals surface area contributed by atoms with Gasteiger partial charge >= 0.3 is 0 Å². The molecule has 23 heavy (non-hydrogen) atoms. The van der Waals surface area contributed by atoms with Crippen LogP contribution in [0.1, 0.15) is 0 Å². The van der Waals surface area contributed by atoms with Crippen LogP contribution in [-0.2, 0) is 4.74 Å². The van der Waals surface area contributed by atoms with E-state index in [1.54, 1.807) is 10.7 Å². The van der Waals surface area contributed by atoms with E-state index in [4.69, 9.17) is 16.3 Å². The Kier molecular flexibility index (Phi) is 3.72. The summed E-state index contributed by atoms with van der Waals surface area (Å²) >= 11 is 6.11. The highest BCUT2D eigenvalue weighted by Gasteiger charge is 2.12. The van der Waals surface area contributed by atoms with E-state index in [-0.39, 0.29) is 0 Å². The van der Waals surface area contributed by atoms with Gasteiger partial charge in [-0.3, -0.25) is 0 Å². The smallest absolute Gasteiger partial charge is 0.178 e. The second kappa shape index (κ2) is 6.02. The van der Waals surface area contributed by atoms with Crippen molar-refractivity contribution in [2.24, 2.45) is 0 Å². The average molecular weight is 331 g/mol. The number of pyridine rings is 2. The van der Waals surface area contributed by atoms with Crippen molar-refractivity contribution in [3.8, 4) is 0 Å². The molecule has 0 atom stereocenters.